The maximum atomic E-state index is 12.3. The van der Waals surface area contributed by atoms with Gasteiger partial charge in [-0.25, -0.2) is 4.79 Å². The number of benzene rings is 3. The Labute approximate surface area is 194 Å². The molecular weight excluding hydrogens is 414 g/mol. The van der Waals surface area contributed by atoms with Gasteiger partial charge in [0.15, 0.2) is 5.78 Å². The topological polar surface area (TPSA) is 87.3 Å². The Morgan fingerprint density at radius 3 is 1.97 bits per heavy atom. The first-order valence-electron chi connectivity index (χ1n) is 11.1. The quantitative estimate of drug-likeness (QED) is 0.369. The average molecular weight is 444 g/mol. The van der Waals surface area contributed by atoms with E-state index in [0.29, 0.717) is 16.9 Å². The van der Waals surface area contributed by atoms with Crippen molar-refractivity contribution in [3.05, 3.63) is 95.6 Å². The van der Waals surface area contributed by atoms with E-state index in [-0.39, 0.29) is 36.6 Å². The van der Waals surface area contributed by atoms with Crippen LogP contribution in [0, 0.1) is 0 Å². The highest BCUT2D eigenvalue weighted by Crippen LogP contribution is 2.17. The van der Waals surface area contributed by atoms with Crippen LogP contribution in [-0.2, 0) is 11.2 Å². The Bertz CT molecular complexity index is 1080. The molecule has 1 atom stereocenters. The van der Waals surface area contributed by atoms with E-state index >= 15 is 0 Å². The monoisotopic (exact) mass is 443 g/mol. The van der Waals surface area contributed by atoms with E-state index in [9.17, 15) is 14.4 Å². The zero-order valence-corrected chi connectivity index (χ0v) is 18.9. The van der Waals surface area contributed by atoms with Gasteiger partial charge in [0.2, 0.25) is 5.91 Å². The van der Waals surface area contributed by atoms with Crippen molar-refractivity contribution in [2.24, 2.45) is 0 Å². The molecule has 3 amide bonds. The van der Waals surface area contributed by atoms with Crippen LogP contribution in [0.25, 0.3) is 0 Å². The molecule has 1 unspecified atom stereocenters. The molecule has 3 rings (SSSR count). The molecule has 0 aliphatic heterocycles. The van der Waals surface area contributed by atoms with E-state index in [1.54, 1.807) is 12.1 Å². The van der Waals surface area contributed by atoms with E-state index in [1.165, 1.54) is 5.56 Å². The fourth-order valence-corrected chi connectivity index (χ4v) is 3.36. The molecule has 33 heavy (non-hydrogen) atoms. The number of rotatable bonds is 9. The number of carbonyl (C=O) groups is 3. The predicted molar refractivity (Wildman–Crippen MR) is 131 cm³/mol. The molecule has 3 N–H and O–H groups in total. The van der Waals surface area contributed by atoms with Crippen LogP contribution in [0.5, 0.6) is 0 Å². The summed E-state index contributed by atoms with van der Waals surface area (Å²) in [5, 5.41) is 8.46. The van der Waals surface area contributed by atoms with Gasteiger partial charge in [-0.05, 0) is 48.7 Å². The summed E-state index contributed by atoms with van der Waals surface area (Å²) in [4.78, 5) is 36.7. The lowest BCUT2D eigenvalue weighted by molar-refractivity contribution is -0.121. The van der Waals surface area contributed by atoms with Crippen LogP contribution < -0.4 is 16.0 Å². The minimum atomic E-state index is -0.329. The third-order valence-electron chi connectivity index (χ3n) is 5.34. The Balaban J connectivity index is 1.45. The Kier molecular flexibility index (Phi) is 8.36. The summed E-state index contributed by atoms with van der Waals surface area (Å²) in [7, 11) is 0. The molecule has 0 aliphatic rings. The highest BCUT2D eigenvalue weighted by Gasteiger charge is 2.13. The first-order valence-corrected chi connectivity index (χ1v) is 11.1. The smallest absolute Gasteiger partial charge is 0.323 e. The lowest BCUT2D eigenvalue weighted by Crippen LogP contribution is -2.27. The highest BCUT2D eigenvalue weighted by atomic mass is 16.2. The Morgan fingerprint density at radius 2 is 1.36 bits per heavy atom. The van der Waals surface area contributed by atoms with Crippen molar-refractivity contribution in [3.8, 4) is 0 Å². The Hall–Kier alpha value is -3.93. The number of anilines is 2. The van der Waals surface area contributed by atoms with Crippen LogP contribution in [0.2, 0.25) is 0 Å². The largest absolute Gasteiger partial charge is 0.350 e. The molecule has 0 radical (unpaired) electrons. The minimum Gasteiger partial charge on any atom is -0.350 e. The fourth-order valence-electron chi connectivity index (χ4n) is 3.36. The number of hydrogen-bond donors (Lipinski definition) is 3. The third-order valence-corrected chi connectivity index (χ3v) is 5.34. The summed E-state index contributed by atoms with van der Waals surface area (Å²) in [5.41, 5.74) is 4.06. The molecule has 6 heteroatoms. The molecule has 0 spiro atoms. The number of aryl methyl sites for hydroxylation is 1. The van der Waals surface area contributed by atoms with E-state index in [2.05, 4.69) is 22.9 Å². The molecule has 0 heterocycles. The second kappa shape index (κ2) is 11.6. The van der Waals surface area contributed by atoms with E-state index < -0.39 is 0 Å². The lowest BCUT2D eigenvalue weighted by Gasteiger charge is -2.15. The van der Waals surface area contributed by atoms with Crippen molar-refractivity contribution in [2.45, 2.75) is 39.2 Å². The number of urea groups is 1. The van der Waals surface area contributed by atoms with E-state index in [1.807, 2.05) is 73.7 Å². The molecule has 0 saturated carbocycles. The summed E-state index contributed by atoms with van der Waals surface area (Å²) in [6.07, 6.45) is 1.23. The molecule has 6 nitrogen and oxygen atoms in total. The zero-order valence-electron chi connectivity index (χ0n) is 18.9. The van der Waals surface area contributed by atoms with Gasteiger partial charge in [0.25, 0.3) is 0 Å². The van der Waals surface area contributed by atoms with Crippen molar-refractivity contribution in [1.29, 1.82) is 0 Å². The van der Waals surface area contributed by atoms with Gasteiger partial charge < -0.3 is 16.0 Å². The first-order chi connectivity index (χ1) is 15.9. The second-order valence-electron chi connectivity index (χ2n) is 7.83. The maximum absolute atomic E-state index is 12.3. The van der Waals surface area contributed by atoms with E-state index in [0.717, 1.165) is 12.0 Å². The summed E-state index contributed by atoms with van der Waals surface area (Å²) < 4.78 is 0. The highest BCUT2D eigenvalue weighted by molar-refractivity contribution is 5.99. The third kappa shape index (κ3) is 7.31. The number of para-hydroxylation sites is 1. The predicted octanol–water partition coefficient (Wildman–Crippen LogP) is 5.73. The number of hydrogen-bond acceptors (Lipinski definition) is 3. The second-order valence-corrected chi connectivity index (χ2v) is 7.83. The van der Waals surface area contributed by atoms with Crippen molar-refractivity contribution in [2.75, 3.05) is 10.6 Å². The van der Waals surface area contributed by atoms with Gasteiger partial charge in [0.1, 0.15) is 0 Å². The van der Waals surface area contributed by atoms with Crippen LogP contribution in [0.15, 0.2) is 78.9 Å². The molecule has 170 valence electrons. The zero-order chi connectivity index (χ0) is 23.6. The maximum Gasteiger partial charge on any atom is 0.323 e. The van der Waals surface area contributed by atoms with Gasteiger partial charge in [-0.3, -0.25) is 9.59 Å². The lowest BCUT2D eigenvalue weighted by atomic mass is 10.0. The van der Waals surface area contributed by atoms with Crippen LogP contribution in [-0.4, -0.2) is 17.7 Å². The molecule has 3 aromatic carbocycles. The fraction of sp³-hybridized carbons (Fsp3) is 0.222. The van der Waals surface area contributed by atoms with Gasteiger partial charge in [-0.15, -0.1) is 0 Å². The van der Waals surface area contributed by atoms with Crippen molar-refractivity contribution < 1.29 is 14.4 Å². The van der Waals surface area contributed by atoms with Crippen LogP contribution in [0.3, 0.4) is 0 Å². The average Bonchev–Trinajstić information content (AvgIpc) is 2.83. The number of Topliss-reactive ketones (excluding diaryl/α,β-unsaturated/α-hetero) is 1. The summed E-state index contributed by atoms with van der Waals surface area (Å²) in [6.45, 7) is 3.95. The van der Waals surface area contributed by atoms with Crippen molar-refractivity contribution >= 4 is 29.1 Å². The number of ketones is 1. The molecule has 0 aliphatic carbocycles. The molecular formula is C27H29N3O3. The normalized spacial score (nSPS) is 11.3. The van der Waals surface area contributed by atoms with Gasteiger partial charge in [0.05, 0.1) is 6.04 Å². The first kappa shape index (κ1) is 23.7. The summed E-state index contributed by atoms with van der Waals surface area (Å²) in [6, 6.07) is 23.4. The van der Waals surface area contributed by atoms with Gasteiger partial charge in [-0.1, -0.05) is 61.5 Å². The molecule has 0 saturated heterocycles. The molecule has 0 bridgehead atoms. The summed E-state index contributed by atoms with van der Waals surface area (Å²) >= 11 is 0. The Morgan fingerprint density at radius 1 is 0.758 bits per heavy atom. The van der Waals surface area contributed by atoms with Crippen molar-refractivity contribution in [1.82, 2.24) is 5.32 Å². The number of nitrogens with one attached hydrogen (secondary N) is 3. The summed E-state index contributed by atoms with van der Waals surface area (Å²) in [5.74, 6) is -0.213. The standard InChI is InChI=1S/C27H29N3O3/c1-3-20-9-11-22(12-10-20)25(31)17-18-26(32)28-19(2)21-13-15-24(16-14-21)30-27(33)29-23-7-5-4-6-8-23/h4-16,19H,3,17-18H2,1-2H3,(H,28,32)(H2,29,30,33). The number of carbonyl (C=O) groups excluding carboxylic acids is 3. The van der Waals surface area contributed by atoms with Gasteiger partial charge >= 0.3 is 6.03 Å². The van der Waals surface area contributed by atoms with Crippen molar-refractivity contribution in [3.63, 3.8) is 0 Å². The number of amides is 3. The van der Waals surface area contributed by atoms with Crippen LogP contribution in [0.1, 0.15) is 54.2 Å². The van der Waals surface area contributed by atoms with Crippen LogP contribution >= 0.6 is 0 Å². The van der Waals surface area contributed by atoms with Crippen LogP contribution in [0.4, 0.5) is 16.2 Å². The van der Waals surface area contributed by atoms with Gasteiger partial charge in [0, 0.05) is 29.8 Å². The van der Waals surface area contributed by atoms with E-state index in [4.69, 9.17) is 0 Å². The SMILES string of the molecule is CCc1ccc(C(=O)CCC(=O)NC(C)c2ccc(NC(=O)Nc3ccccc3)cc2)cc1. The van der Waals surface area contributed by atoms with Gasteiger partial charge in [-0.2, -0.15) is 0 Å². The molecule has 3 aromatic rings. The molecule has 0 aromatic heterocycles. The minimum absolute atomic E-state index is 0.0373. The molecule has 0 fully saturated rings.